The molecule has 7 heteroatoms. The lowest BCUT2D eigenvalue weighted by Crippen LogP contribution is -2.34. The fourth-order valence-electron chi connectivity index (χ4n) is 1.87. The van der Waals surface area contributed by atoms with Gasteiger partial charge in [0.25, 0.3) is 5.91 Å². The summed E-state index contributed by atoms with van der Waals surface area (Å²) in [6.07, 6.45) is 1.55. The maximum atomic E-state index is 12.0. The van der Waals surface area contributed by atoms with Gasteiger partial charge >= 0.3 is 5.97 Å². The molecule has 1 aromatic carbocycles. The third kappa shape index (κ3) is 3.65. The lowest BCUT2D eigenvalue weighted by atomic mass is 10.1. The number of carboxylic acids is 1. The van der Waals surface area contributed by atoms with Crippen molar-refractivity contribution in [2.45, 2.75) is 25.8 Å². The minimum Gasteiger partial charge on any atom is -0.479 e. The molecule has 0 saturated heterocycles. The Morgan fingerprint density at radius 2 is 2.05 bits per heavy atom. The van der Waals surface area contributed by atoms with Gasteiger partial charge in [-0.3, -0.25) is 9.89 Å². The van der Waals surface area contributed by atoms with Crippen molar-refractivity contribution in [2.24, 2.45) is 0 Å². The fourth-order valence-corrected chi connectivity index (χ4v) is 1.87. The van der Waals surface area contributed by atoms with E-state index in [4.69, 9.17) is 0 Å². The smallest absolute Gasteiger partial charge is 0.330 e. The monoisotopic (exact) mass is 288 g/mol. The topological polar surface area (TPSA) is 108 Å². The molecule has 1 atom stereocenters. The van der Waals surface area contributed by atoms with Crippen molar-refractivity contribution < 1.29 is 14.7 Å². The zero-order chi connectivity index (χ0) is 15.2. The Morgan fingerprint density at radius 1 is 1.33 bits per heavy atom. The van der Waals surface area contributed by atoms with Gasteiger partial charge in [-0.15, -0.1) is 5.10 Å². The van der Waals surface area contributed by atoms with E-state index in [-0.39, 0.29) is 5.82 Å². The van der Waals surface area contributed by atoms with Crippen LogP contribution in [0.1, 0.15) is 41.4 Å². The molecule has 1 aromatic heterocycles. The van der Waals surface area contributed by atoms with Crippen LogP contribution >= 0.6 is 0 Å². The Bertz CT molecular complexity index is 624. The summed E-state index contributed by atoms with van der Waals surface area (Å²) < 4.78 is 0. The van der Waals surface area contributed by atoms with Crippen LogP contribution in [0.5, 0.6) is 0 Å². The Hall–Kier alpha value is -2.70. The van der Waals surface area contributed by atoms with Gasteiger partial charge in [-0.1, -0.05) is 37.3 Å². The third-order valence-electron chi connectivity index (χ3n) is 2.88. The van der Waals surface area contributed by atoms with E-state index in [2.05, 4.69) is 20.5 Å². The Balaban J connectivity index is 2.13. The minimum atomic E-state index is -1.14. The van der Waals surface area contributed by atoms with Crippen LogP contribution in [0.4, 0.5) is 0 Å². The van der Waals surface area contributed by atoms with E-state index in [9.17, 15) is 14.7 Å². The highest BCUT2D eigenvalue weighted by Gasteiger charge is 2.24. The molecule has 0 aliphatic rings. The van der Waals surface area contributed by atoms with Gasteiger partial charge < -0.3 is 10.4 Å². The van der Waals surface area contributed by atoms with E-state index in [1.807, 2.05) is 6.92 Å². The molecule has 1 heterocycles. The van der Waals surface area contributed by atoms with Gasteiger partial charge in [-0.25, -0.2) is 9.78 Å². The maximum Gasteiger partial charge on any atom is 0.330 e. The Morgan fingerprint density at radius 3 is 2.67 bits per heavy atom. The molecule has 1 amide bonds. The number of hydrogen-bond acceptors (Lipinski definition) is 4. The third-order valence-corrected chi connectivity index (χ3v) is 2.88. The van der Waals surface area contributed by atoms with Crippen molar-refractivity contribution in [1.82, 2.24) is 20.5 Å². The first-order valence-corrected chi connectivity index (χ1v) is 6.61. The minimum absolute atomic E-state index is 0.0550. The quantitative estimate of drug-likeness (QED) is 0.742. The van der Waals surface area contributed by atoms with E-state index >= 15 is 0 Å². The van der Waals surface area contributed by atoms with Crippen molar-refractivity contribution in [3.8, 4) is 0 Å². The van der Waals surface area contributed by atoms with Crippen molar-refractivity contribution >= 4 is 11.9 Å². The van der Waals surface area contributed by atoms with E-state index in [0.29, 0.717) is 17.8 Å². The number of H-pyrrole nitrogens is 1. The summed E-state index contributed by atoms with van der Waals surface area (Å²) in [7, 11) is 0. The molecule has 0 aliphatic heterocycles. The number of benzene rings is 1. The average molecular weight is 288 g/mol. The first kappa shape index (κ1) is 14.7. The molecule has 110 valence electrons. The number of amides is 1. The SMILES string of the molecule is CCCc1nc(C(=O)N[C@@H](C(=O)O)c2ccccc2)n[nH]1. The number of aliphatic carboxylic acids is 1. The summed E-state index contributed by atoms with van der Waals surface area (Å²) in [5.74, 6) is -1.21. The van der Waals surface area contributed by atoms with Crippen LogP contribution in [-0.2, 0) is 11.2 Å². The number of aromatic nitrogens is 3. The molecule has 2 rings (SSSR count). The number of nitrogens with zero attached hydrogens (tertiary/aromatic N) is 2. The van der Waals surface area contributed by atoms with Crippen molar-refractivity contribution in [3.05, 3.63) is 47.5 Å². The highest BCUT2D eigenvalue weighted by Crippen LogP contribution is 2.13. The number of carboxylic acid groups (broad SMARTS) is 1. The number of rotatable bonds is 6. The highest BCUT2D eigenvalue weighted by atomic mass is 16.4. The van der Waals surface area contributed by atoms with Crippen LogP contribution in [-0.4, -0.2) is 32.2 Å². The summed E-state index contributed by atoms with van der Waals surface area (Å²) in [6.45, 7) is 1.98. The molecule has 2 aromatic rings. The first-order valence-electron chi connectivity index (χ1n) is 6.61. The van der Waals surface area contributed by atoms with Crippen molar-refractivity contribution in [1.29, 1.82) is 0 Å². The van der Waals surface area contributed by atoms with E-state index < -0.39 is 17.9 Å². The van der Waals surface area contributed by atoms with Gasteiger partial charge in [-0.05, 0) is 12.0 Å². The number of aromatic amines is 1. The molecule has 21 heavy (non-hydrogen) atoms. The summed E-state index contributed by atoms with van der Waals surface area (Å²) in [4.78, 5) is 27.4. The second-order valence-electron chi connectivity index (χ2n) is 4.51. The zero-order valence-corrected chi connectivity index (χ0v) is 11.5. The molecule has 0 spiro atoms. The molecule has 0 saturated carbocycles. The fraction of sp³-hybridized carbons (Fsp3) is 0.286. The van der Waals surface area contributed by atoms with Crippen LogP contribution in [0.25, 0.3) is 0 Å². The molecule has 3 N–H and O–H groups in total. The lowest BCUT2D eigenvalue weighted by molar-refractivity contribution is -0.139. The Kier molecular flexibility index (Phi) is 4.65. The summed E-state index contributed by atoms with van der Waals surface area (Å²) >= 11 is 0. The Labute approximate surface area is 121 Å². The molecule has 7 nitrogen and oxygen atoms in total. The summed E-state index contributed by atoms with van der Waals surface area (Å²) in [6, 6.07) is 7.34. The van der Waals surface area contributed by atoms with Gasteiger partial charge in [0.2, 0.25) is 5.82 Å². The second kappa shape index (κ2) is 6.65. The predicted molar refractivity (Wildman–Crippen MR) is 74.7 cm³/mol. The van der Waals surface area contributed by atoms with Crippen molar-refractivity contribution in [2.75, 3.05) is 0 Å². The highest BCUT2D eigenvalue weighted by molar-refractivity contribution is 5.93. The van der Waals surface area contributed by atoms with Crippen LogP contribution in [0, 0.1) is 0 Å². The molecule has 0 bridgehead atoms. The maximum absolute atomic E-state index is 12.0. The number of aryl methyl sites for hydroxylation is 1. The van der Waals surface area contributed by atoms with Gasteiger partial charge in [0.1, 0.15) is 5.82 Å². The van der Waals surface area contributed by atoms with E-state index in [1.165, 1.54) is 0 Å². The molecular formula is C14H16N4O3. The standard InChI is InChI=1S/C14H16N4O3/c1-2-6-10-15-12(18-17-10)13(19)16-11(14(20)21)9-7-4-3-5-8-9/h3-5,7-8,11H,2,6H2,1H3,(H,16,19)(H,20,21)(H,15,17,18)/t11-/m1/s1. The van der Waals surface area contributed by atoms with Crippen LogP contribution < -0.4 is 5.32 Å². The van der Waals surface area contributed by atoms with Crippen LogP contribution in [0.3, 0.4) is 0 Å². The number of carbonyl (C=O) groups is 2. The normalized spacial score (nSPS) is 11.9. The molecular weight excluding hydrogens is 272 g/mol. The second-order valence-corrected chi connectivity index (χ2v) is 4.51. The lowest BCUT2D eigenvalue weighted by Gasteiger charge is -2.13. The number of nitrogens with one attached hydrogen (secondary N) is 2. The number of carbonyl (C=O) groups excluding carboxylic acids is 1. The molecule has 0 aliphatic carbocycles. The molecule has 0 fully saturated rings. The molecule has 0 unspecified atom stereocenters. The van der Waals surface area contributed by atoms with Gasteiger partial charge in [-0.2, -0.15) is 0 Å². The average Bonchev–Trinajstić information content (AvgIpc) is 2.94. The molecule has 0 radical (unpaired) electrons. The largest absolute Gasteiger partial charge is 0.479 e. The van der Waals surface area contributed by atoms with Gasteiger partial charge in [0.05, 0.1) is 0 Å². The first-order chi connectivity index (χ1) is 10.1. The van der Waals surface area contributed by atoms with Gasteiger partial charge in [0.15, 0.2) is 6.04 Å². The van der Waals surface area contributed by atoms with Crippen molar-refractivity contribution in [3.63, 3.8) is 0 Å². The predicted octanol–water partition coefficient (Wildman–Crippen LogP) is 1.31. The van der Waals surface area contributed by atoms with E-state index in [0.717, 1.165) is 6.42 Å². The van der Waals surface area contributed by atoms with Crippen LogP contribution in [0.15, 0.2) is 30.3 Å². The van der Waals surface area contributed by atoms with E-state index in [1.54, 1.807) is 30.3 Å². The zero-order valence-electron chi connectivity index (χ0n) is 11.5. The number of hydrogen-bond donors (Lipinski definition) is 3. The summed E-state index contributed by atoms with van der Waals surface area (Å²) in [5, 5.41) is 18.1. The van der Waals surface area contributed by atoms with Gasteiger partial charge in [0, 0.05) is 6.42 Å². The van der Waals surface area contributed by atoms with Crippen LogP contribution in [0.2, 0.25) is 0 Å². The summed E-state index contributed by atoms with van der Waals surface area (Å²) in [5.41, 5.74) is 0.489.